The van der Waals surface area contributed by atoms with Crippen molar-refractivity contribution in [2.75, 3.05) is 6.61 Å². The predicted molar refractivity (Wildman–Crippen MR) is 109 cm³/mol. The quantitative estimate of drug-likeness (QED) is 0.451. The molecule has 0 aromatic rings. The smallest absolute Gasteiger partial charge is 0.344 e. The minimum atomic E-state index is -0.622. The average Bonchev–Trinajstić information content (AvgIpc) is 3.28. The maximum atomic E-state index is 12.6. The van der Waals surface area contributed by atoms with Gasteiger partial charge in [0.2, 0.25) is 0 Å². The van der Waals surface area contributed by atoms with E-state index in [1.54, 1.807) is 13.8 Å². The van der Waals surface area contributed by atoms with Crippen LogP contribution in [0.5, 0.6) is 0 Å². The van der Waals surface area contributed by atoms with Crippen LogP contribution in [-0.2, 0) is 28.6 Å². The molecule has 29 heavy (non-hydrogen) atoms. The lowest BCUT2D eigenvalue weighted by Crippen LogP contribution is -2.46. The van der Waals surface area contributed by atoms with Crippen molar-refractivity contribution in [3.05, 3.63) is 0 Å². The van der Waals surface area contributed by atoms with Crippen LogP contribution in [0.25, 0.3) is 0 Å². The van der Waals surface area contributed by atoms with Crippen molar-refractivity contribution in [3.8, 4) is 0 Å². The molecule has 2 unspecified atom stereocenters. The first kappa shape index (κ1) is 23.7. The second-order valence-corrected chi connectivity index (χ2v) is 10.3. The third-order valence-electron chi connectivity index (χ3n) is 6.52. The van der Waals surface area contributed by atoms with Gasteiger partial charge in [0.15, 0.2) is 6.61 Å². The molecule has 0 amide bonds. The number of esters is 3. The Morgan fingerprint density at radius 3 is 2.10 bits per heavy atom. The second kappa shape index (κ2) is 9.05. The lowest BCUT2D eigenvalue weighted by molar-refractivity contribution is -0.185. The fourth-order valence-electron chi connectivity index (χ4n) is 4.23. The van der Waals surface area contributed by atoms with Gasteiger partial charge in [-0.25, -0.2) is 4.79 Å². The summed E-state index contributed by atoms with van der Waals surface area (Å²) in [5, 5.41) is 0. The van der Waals surface area contributed by atoms with Crippen LogP contribution in [0, 0.1) is 16.7 Å². The van der Waals surface area contributed by atoms with Gasteiger partial charge in [-0.1, -0.05) is 6.92 Å². The van der Waals surface area contributed by atoms with Crippen LogP contribution < -0.4 is 0 Å². The molecule has 6 heteroatoms. The Balaban J connectivity index is 2.04. The van der Waals surface area contributed by atoms with E-state index in [1.165, 1.54) is 0 Å². The normalized spacial score (nSPS) is 24.2. The van der Waals surface area contributed by atoms with Crippen LogP contribution in [0.1, 0.15) is 92.9 Å². The zero-order valence-corrected chi connectivity index (χ0v) is 19.0. The summed E-state index contributed by atoms with van der Waals surface area (Å²) in [5.74, 6) is -1.12. The van der Waals surface area contributed by atoms with Crippen molar-refractivity contribution in [1.29, 1.82) is 0 Å². The van der Waals surface area contributed by atoms with E-state index in [9.17, 15) is 14.4 Å². The van der Waals surface area contributed by atoms with Crippen molar-refractivity contribution in [2.24, 2.45) is 16.7 Å². The van der Waals surface area contributed by atoms with Crippen molar-refractivity contribution in [1.82, 2.24) is 0 Å². The van der Waals surface area contributed by atoms with E-state index < -0.39 is 28.4 Å². The van der Waals surface area contributed by atoms with Gasteiger partial charge in [0.25, 0.3) is 0 Å². The molecule has 6 nitrogen and oxygen atoms in total. The number of hydrogen-bond acceptors (Lipinski definition) is 6. The Hall–Kier alpha value is -1.59. The molecule has 0 heterocycles. The molecule has 0 aliphatic heterocycles. The fraction of sp³-hybridized carbons (Fsp3) is 0.870. The van der Waals surface area contributed by atoms with Crippen molar-refractivity contribution in [3.63, 3.8) is 0 Å². The molecule has 166 valence electrons. The molecule has 2 saturated carbocycles. The molecule has 2 atom stereocenters. The van der Waals surface area contributed by atoms with Gasteiger partial charge >= 0.3 is 17.9 Å². The molecule has 0 saturated heterocycles. The van der Waals surface area contributed by atoms with E-state index in [2.05, 4.69) is 0 Å². The van der Waals surface area contributed by atoms with Crippen LogP contribution in [0.4, 0.5) is 0 Å². The maximum absolute atomic E-state index is 12.6. The molecule has 2 aliphatic carbocycles. The summed E-state index contributed by atoms with van der Waals surface area (Å²) >= 11 is 0. The predicted octanol–water partition coefficient (Wildman–Crippen LogP) is 4.58. The third-order valence-corrected chi connectivity index (χ3v) is 6.52. The molecule has 2 aliphatic rings. The lowest BCUT2D eigenvalue weighted by atomic mass is 9.82. The highest BCUT2D eigenvalue weighted by molar-refractivity contribution is 5.80. The summed E-state index contributed by atoms with van der Waals surface area (Å²) in [6.45, 7) is 10.7. The maximum Gasteiger partial charge on any atom is 0.344 e. The summed E-state index contributed by atoms with van der Waals surface area (Å²) in [4.78, 5) is 37.1. The summed E-state index contributed by atoms with van der Waals surface area (Å²) in [6, 6.07) is 0. The Morgan fingerprint density at radius 1 is 0.931 bits per heavy atom. The largest absolute Gasteiger partial charge is 0.462 e. The van der Waals surface area contributed by atoms with Crippen LogP contribution in [0.3, 0.4) is 0 Å². The summed E-state index contributed by atoms with van der Waals surface area (Å²) in [5.41, 5.74) is -1.81. The minimum Gasteiger partial charge on any atom is -0.462 e. The Bertz CT molecular complexity index is 609. The number of carbonyl (C=O) groups excluding carboxylic acids is 3. The Labute approximate surface area is 175 Å². The Morgan fingerprint density at radius 2 is 1.55 bits per heavy atom. The van der Waals surface area contributed by atoms with Gasteiger partial charge in [-0.15, -0.1) is 0 Å². The van der Waals surface area contributed by atoms with Gasteiger partial charge in [-0.2, -0.15) is 0 Å². The van der Waals surface area contributed by atoms with Crippen molar-refractivity contribution >= 4 is 17.9 Å². The van der Waals surface area contributed by atoms with Crippen LogP contribution in [-0.4, -0.2) is 36.2 Å². The first-order valence-electron chi connectivity index (χ1n) is 11.0. The highest BCUT2D eigenvalue weighted by Crippen LogP contribution is 2.48. The van der Waals surface area contributed by atoms with Crippen LogP contribution >= 0.6 is 0 Å². The molecule has 0 spiro atoms. The van der Waals surface area contributed by atoms with Gasteiger partial charge in [0, 0.05) is 5.92 Å². The summed E-state index contributed by atoms with van der Waals surface area (Å²) < 4.78 is 17.0. The van der Waals surface area contributed by atoms with Gasteiger partial charge in [-0.05, 0) is 86.0 Å². The van der Waals surface area contributed by atoms with E-state index in [0.29, 0.717) is 6.42 Å². The van der Waals surface area contributed by atoms with Gasteiger partial charge in [0.05, 0.1) is 10.8 Å². The standard InChI is InChI=1S/C23H38O6/c1-7-22(5,6)20(26)27-15-18(24)29-23(13-8-9-14-23)16-11-10-12-17(16)28-19(25)21(2,3)4/h16-17H,7-15H2,1-6H3. The molecule has 2 rings (SSSR count). The summed E-state index contributed by atoms with van der Waals surface area (Å²) in [7, 11) is 0. The molecule has 0 N–H and O–H groups in total. The van der Waals surface area contributed by atoms with Crippen molar-refractivity contribution < 1.29 is 28.6 Å². The van der Waals surface area contributed by atoms with E-state index in [4.69, 9.17) is 14.2 Å². The zero-order chi connectivity index (χ0) is 21.9. The first-order chi connectivity index (χ1) is 13.4. The molecular weight excluding hydrogens is 372 g/mol. The molecule has 0 bridgehead atoms. The number of hydrogen-bond donors (Lipinski definition) is 0. The van der Waals surface area contributed by atoms with Crippen molar-refractivity contribution in [2.45, 2.75) is 105 Å². The Kier molecular flexibility index (Phi) is 7.39. The second-order valence-electron chi connectivity index (χ2n) is 10.3. The SMILES string of the molecule is CCC(C)(C)C(=O)OCC(=O)OC1(C2CCCC2OC(=O)C(C)(C)C)CCCC1. The van der Waals surface area contributed by atoms with E-state index in [1.807, 2.05) is 27.7 Å². The highest BCUT2D eigenvalue weighted by Gasteiger charge is 2.51. The summed E-state index contributed by atoms with van der Waals surface area (Å²) in [6.07, 6.45) is 6.51. The number of rotatable bonds is 7. The zero-order valence-electron chi connectivity index (χ0n) is 19.0. The van der Waals surface area contributed by atoms with Gasteiger partial charge < -0.3 is 14.2 Å². The minimum absolute atomic E-state index is 0.00281. The third kappa shape index (κ3) is 5.73. The molecule has 2 fully saturated rings. The fourth-order valence-corrected chi connectivity index (χ4v) is 4.23. The van der Waals surface area contributed by atoms with E-state index in [0.717, 1.165) is 44.9 Å². The molecule has 0 aromatic carbocycles. The molecular formula is C23H38O6. The topological polar surface area (TPSA) is 78.9 Å². The van der Waals surface area contributed by atoms with Crippen LogP contribution in [0.15, 0.2) is 0 Å². The number of ether oxygens (including phenoxy) is 3. The molecule has 0 aromatic heterocycles. The molecule has 0 radical (unpaired) electrons. The average molecular weight is 411 g/mol. The lowest BCUT2D eigenvalue weighted by Gasteiger charge is -2.38. The van der Waals surface area contributed by atoms with Gasteiger partial charge in [-0.3, -0.25) is 9.59 Å². The van der Waals surface area contributed by atoms with E-state index >= 15 is 0 Å². The highest BCUT2D eigenvalue weighted by atomic mass is 16.6. The van der Waals surface area contributed by atoms with Crippen LogP contribution in [0.2, 0.25) is 0 Å². The monoisotopic (exact) mass is 410 g/mol. The van der Waals surface area contributed by atoms with Gasteiger partial charge in [0.1, 0.15) is 11.7 Å². The van der Waals surface area contributed by atoms with E-state index in [-0.39, 0.29) is 24.6 Å². The number of carbonyl (C=O) groups is 3. The first-order valence-corrected chi connectivity index (χ1v) is 11.0.